The second kappa shape index (κ2) is 5.90. The van der Waals surface area contributed by atoms with Crippen LogP contribution in [0.2, 0.25) is 0 Å². The van der Waals surface area contributed by atoms with Crippen LogP contribution in [0.4, 0.5) is 10.1 Å². The highest BCUT2D eigenvalue weighted by atomic mass is 32.1. The fourth-order valence-electron chi connectivity index (χ4n) is 1.86. The lowest BCUT2D eigenvalue weighted by Crippen LogP contribution is -2.17. The van der Waals surface area contributed by atoms with Crippen LogP contribution in [0, 0.1) is 15.9 Å². The van der Waals surface area contributed by atoms with Crippen LogP contribution in [0.15, 0.2) is 35.0 Å². The molecule has 0 aliphatic heterocycles. The monoisotopic (exact) mass is 280 g/mol. The van der Waals surface area contributed by atoms with E-state index in [1.165, 1.54) is 17.7 Å². The highest BCUT2D eigenvalue weighted by molar-refractivity contribution is 7.07. The van der Waals surface area contributed by atoms with Crippen LogP contribution in [0.1, 0.15) is 11.1 Å². The molecule has 0 amide bonds. The molecule has 0 aliphatic carbocycles. The first-order chi connectivity index (χ1) is 9.06. The number of rotatable bonds is 5. The molecule has 1 aromatic carbocycles. The quantitative estimate of drug-likeness (QED) is 0.622. The third-order valence-electron chi connectivity index (χ3n) is 2.69. The van der Waals surface area contributed by atoms with Crippen molar-refractivity contribution in [2.75, 3.05) is 7.05 Å². The van der Waals surface area contributed by atoms with Gasteiger partial charge in [0, 0.05) is 19.2 Å². The molecule has 100 valence electrons. The van der Waals surface area contributed by atoms with Gasteiger partial charge in [-0.3, -0.25) is 15.0 Å². The van der Waals surface area contributed by atoms with E-state index in [1.54, 1.807) is 17.4 Å². The molecule has 2 rings (SSSR count). The predicted octanol–water partition coefficient (Wildman–Crippen LogP) is 3.43. The number of halogens is 1. The van der Waals surface area contributed by atoms with Gasteiger partial charge in [-0.25, -0.2) is 0 Å². The first-order valence-corrected chi connectivity index (χ1v) is 6.63. The van der Waals surface area contributed by atoms with Gasteiger partial charge in [0.15, 0.2) is 0 Å². The zero-order chi connectivity index (χ0) is 13.8. The van der Waals surface area contributed by atoms with Gasteiger partial charge in [-0.1, -0.05) is 6.07 Å². The van der Waals surface area contributed by atoms with E-state index in [0.29, 0.717) is 6.54 Å². The molecule has 0 saturated heterocycles. The van der Waals surface area contributed by atoms with Gasteiger partial charge in [-0.05, 0) is 41.1 Å². The molecule has 0 N–H and O–H groups in total. The largest absolute Gasteiger partial charge is 0.304 e. The molecule has 0 unspecified atom stereocenters. The summed E-state index contributed by atoms with van der Waals surface area (Å²) in [6.45, 7) is 1.31. The van der Waals surface area contributed by atoms with Crippen LogP contribution in [0.25, 0.3) is 0 Å². The highest BCUT2D eigenvalue weighted by Crippen LogP contribution is 2.19. The van der Waals surface area contributed by atoms with Gasteiger partial charge >= 0.3 is 5.69 Å². The molecular weight excluding hydrogens is 267 g/mol. The predicted molar refractivity (Wildman–Crippen MR) is 72.5 cm³/mol. The molecule has 4 nitrogen and oxygen atoms in total. The number of nitrogens with zero attached hydrogens (tertiary/aromatic N) is 2. The van der Waals surface area contributed by atoms with Crippen molar-refractivity contribution in [1.29, 1.82) is 0 Å². The summed E-state index contributed by atoms with van der Waals surface area (Å²) in [5.41, 5.74) is 1.44. The van der Waals surface area contributed by atoms with Gasteiger partial charge in [0.25, 0.3) is 0 Å². The molecule has 0 fully saturated rings. The molecule has 19 heavy (non-hydrogen) atoms. The summed E-state index contributed by atoms with van der Waals surface area (Å²) < 4.78 is 13.5. The number of nitro benzene ring substituents is 1. The standard InChI is InChI=1S/C13H13FN2O2S/c1-15(8-11-4-5-19-9-11)7-10-2-3-13(16(17)18)12(14)6-10/h2-6,9H,7-8H2,1H3. The molecule has 0 atom stereocenters. The van der Waals surface area contributed by atoms with Gasteiger partial charge in [-0.15, -0.1) is 0 Å². The second-order valence-corrected chi connectivity index (χ2v) is 5.13. The number of hydrogen-bond acceptors (Lipinski definition) is 4. The number of thiophene rings is 1. The molecule has 0 aliphatic rings. The zero-order valence-electron chi connectivity index (χ0n) is 10.4. The molecule has 0 bridgehead atoms. The smallest absolute Gasteiger partial charge is 0.298 e. The van der Waals surface area contributed by atoms with Crippen LogP contribution < -0.4 is 0 Å². The van der Waals surface area contributed by atoms with Crippen LogP contribution in [-0.2, 0) is 13.1 Å². The minimum Gasteiger partial charge on any atom is -0.298 e. The summed E-state index contributed by atoms with van der Waals surface area (Å²) in [6, 6.07) is 6.06. The lowest BCUT2D eigenvalue weighted by atomic mass is 10.2. The van der Waals surface area contributed by atoms with Crippen molar-refractivity contribution < 1.29 is 9.31 Å². The van der Waals surface area contributed by atoms with Gasteiger partial charge in [-0.2, -0.15) is 15.7 Å². The van der Waals surface area contributed by atoms with Gasteiger partial charge in [0.05, 0.1) is 4.92 Å². The van der Waals surface area contributed by atoms with E-state index >= 15 is 0 Å². The SMILES string of the molecule is CN(Cc1ccsc1)Cc1ccc([N+](=O)[O-])c(F)c1. The Morgan fingerprint density at radius 3 is 2.63 bits per heavy atom. The van der Waals surface area contributed by atoms with E-state index in [9.17, 15) is 14.5 Å². The summed E-state index contributed by atoms with van der Waals surface area (Å²) in [6.07, 6.45) is 0. The van der Waals surface area contributed by atoms with Crippen molar-refractivity contribution in [2.45, 2.75) is 13.1 Å². The maximum Gasteiger partial charge on any atom is 0.304 e. The van der Waals surface area contributed by atoms with Crippen molar-refractivity contribution in [3.05, 3.63) is 62.1 Å². The minimum atomic E-state index is -0.786. The average Bonchev–Trinajstić information content (AvgIpc) is 2.81. The maximum absolute atomic E-state index is 13.5. The fraction of sp³-hybridized carbons (Fsp3) is 0.231. The lowest BCUT2D eigenvalue weighted by Gasteiger charge is -2.15. The molecule has 1 heterocycles. The molecular formula is C13H13FN2O2S. The normalized spacial score (nSPS) is 10.9. The average molecular weight is 280 g/mol. The molecule has 0 saturated carbocycles. The van der Waals surface area contributed by atoms with Crippen molar-refractivity contribution in [3.8, 4) is 0 Å². The van der Waals surface area contributed by atoms with Crippen molar-refractivity contribution >= 4 is 17.0 Å². The molecule has 1 aromatic heterocycles. The van der Waals surface area contributed by atoms with Gasteiger partial charge in [0.2, 0.25) is 5.82 Å². The number of benzene rings is 1. The molecule has 2 aromatic rings. The Hall–Kier alpha value is -1.79. The van der Waals surface area contributed by atoms with Crippen LogP contribution in [0.5, 0.6) is 0 Å². The Labute approximate surface area is 114 Å². The third kappa shape index (κ3) is 3.59. The Kier molecular flexibility index (Phi) is 4.24. The van der Waals surface area contributed by atoms with Crippen LogP contribution in [0.3, 0.4) is 0 Å². The maximum atomic E-state index is 13.5. The van der Waals surface area contributed by atoms with Gasteiger partial charge in [0.1, 0.15) is 0 Å². The first-order valence-electron chi connectivity index (χ1n) is 5.68. The second-order valence-electron chi connectivity index (χ2n) is 4.35. The van der Waals surface area contributed by atoms with E-state index in [4.69, 9.17) is 0 Å². The van der Waals surface area contributed by atoms with Crippen molar-refractivity contribution in [2.24, 2.45) is 0 Å². The summed E-state index contributed by atoms with van der Waals surface area (Å²) in [7, 11) is 1.93. The number of hydrogen-bond donors (Lipinski definition) is 0. The minimum absolute atomic E-state index is 0.482. The van der Waals surface area contributed by atoms with E-state index in [0.717, 1.165) is 12.1 Å². The lowest BCUT2D eigenvalue weighted by molar-refractivity contribution is -0.387. The van der Waals surface area contributed by atoms with Crippen LogP contribution >= 0.6 is 11.3 Å². The van der Waals surface area contributed by atoms with E-state index in [1.807, 2.05) is 23.4 Å². The topological polar surface area (TPSA) is 46.4 Å². The summed E-state index contributed by atoms with van der Waals surface area (Å²) in [5, 5.41) is 14.6. The van der Waals surface area contributed by atoms with E-state index in [2.05, 4.69) is 5.38 Å². The molecule has 6 heteroatoms. The Balaban J connectivity index is 2.03. The fourth-order valence-corrected chi connectivity index (χ4v) is 2.52. The summed E-state index contributed by atoms with van der Waals surface area (Å²) >= 11 is 1.63. The van der Waals surface area contributed by atoms with Crippen molar-refractivity contribution in [1.82, 2.24) is 4.90 Å². The van der Waals surface area contributed by atoms with Crippen molar-refractivity contribution in [3.63, 3.8) is 0 Å². The van der Waals surface area contributed by atoms with E-state index in [-0.39, 0.29) is 0 Å². The summed E-state index contributed by atoms with van der Waals surface area (Å²) in [5.74, 6) is -0.786. The highest BCUT2D eigenvalue weighted by Gasteiger charge is 2.14. The zero-order valence-corrected chi connectivity index (χ0v) is 11.2. The molecule has 0 spiro atoms. The first kappa shape index (κ1) is 13.6. The van der Waals surface area contributed by atoms with E-state index < -0.39 is 16.4 Å². The van der Waals surface area contributed by atoms with Crippen LogP contribution in [-0.4, -0.2) is 16.9 Å². The summed E-state index contributed by atoms with van der Waals surface area (Å²) in [4.78, 5) is 11.8. The third-order valence-corrected chi connectivity index (χ3v) is 3.43. The Morgan fingerprint density at radius 1 is 1.32 bits per heavy atom. The molecule has 0 radical (unpaired) electrons. The Morgan fingerprint density at radius 2 is 2.05 bits per heavy atom. The van der Waals surface area contributed by atoms with Gasteiger partial charge < -0.3 is 0 Å². The number of nitro groups is 1. The Bertz CT molecular complexity index is 572.